The first-order valence-corrected chi connectivity index (χ1v) is 4.74. The Balaban J connectivity index is 2.16. The molecule has 0 amide bonds. The molecule has 0 radical (unpaired) electrons. The van der Waals surface area contributed by atoms with Crippen LogP contribution >= 0.6 is 0 Å². The number of likely N-dealkylation sites (tertiary alicyclic amines) is 1. The highest BCUT2D eigenvalue weighted by molar-refractivity contribution is 5.69. The Morgan fingerprint density at radius 3 is 2.92 bits per heavy atom. The molecule has 0 saturated carbocycles. The van der Waals surface area contributed by atoms with E-state index in [1.165, 1.54) is 0 Å². The van der Waals surface area contributed by atoms with Crippen LogP contribution < -0.4 is 5.32 Å². The molecule has 4 heteroatoms. The van der Waals surface area contributed by atoms with Gasteiger partial charge in [-0.1, -0.05) is 6.92 Å². The fraction of sp³-hybridized carbons (Fsp3) is 0.889. The lowest BCUT2D eigenvalue weighted by molar-refractivity contribution is -0.140. The molecule has 2 atom stereocenters. The highest BCUT2D eigenvalue weighted by Crippen LogP contribution is 2.06. The van der Waals surface area contributed by atoms with Gasteiger partial charge in [0.1, 0.15) is 0 Å². The Bertz CT molecular complexity index is 184. The second-order valence-corrected chi connectivity index (χ2v) is 3.90. The van der Waals surface area contributed by atoms with E-state index < -0.39 is 5.97 Å². The number of carboxylic acid groups (broad SMARTS) is 1. The molecule has 0 bridgehead atoms. The molecule has 4 nitrogen and oxygen atoms in total. The summed E-state index contributed by atoms with van der Waals surface area (Å²) in [6, 6.07) is 0.479. The minimum atomic E-state index is -0.723. The molecule has 1 heterocycles. The SMILES string of the molecule is CC(CNC1CCN(C)C1)C(=O)O. The first kappa shape index (κ1) is 10.5. The molecule has 13 heavy (non-hydrogen) atoms. The summed E-state index contributed by atoms with van der Waals surface area (Å²) in [5, 5.41) is 11.9. The average Bonchev–Trinajstić information content (AvgIpc) is 2.47. The van der Waals surface area contributed by atoms with Gasteiger partial charge in [-0.25, -0.2) is 0 Å². The maximum Gasteiger partial charge on any atom is 0.307 e. The van der Waals surface area contributed by atoms with Crippen molar-refractivity contribution in [2.75, 3.05) is 26.7 Å². The molecule has 1 saturated heterocycles. The largest absolute Gasteiger partial charge is 0.481 e. The monoisotopic (exact) mass is 186 g/mol. The van der Waals surface area contributed by atoms with Gasteiger partial charge in [0, 0.05) is 19.1 Å². The molecule has 2 N–H and O–H groups in total. The van der Waals surface area contributed by atoms with E-state index in [2.05, 4.69) is 17.3 Å². The third-order valence-corrected chi connectivity index (χ3v) is 2.53. The van der Waals surface area contributed by atoms with Crippen molar-refractivity contribution < 1.29 is 9.90 Å². The van der Waals surface area contributed by atoms with Gasteiger partial charge in [-0.3, -0.25) is 4.79 Å². The predicted molar refractivity (Wildman–Crippen MR) is 50.7 cm³/mol. The molecule has 0 aromatic heterocycles. The van der Waals surface area contributed by atoms with Gasteiger partial charge in [-0.15, -0.1) is 0 Å². The van der Waals surface area contributed by atoms with E-state index in [1.807, 2.05) is 0 Å². The molecule has 0 aliphatic carbocycles. The number of likely N-dealkylation sites (N-methyl/N-ethyl adjacent to an activating group) is 1. The molecule has 0 spiro atoms. The van der Waals surface area contributed by atoms with E-state index >= 15 is 0 Å². The van der Waals surface area contributed by atoms with Gasteiger partial charge in [0.05, 0.1) is 5.92 Å². The molecule has 0 aromatic carbocycles. The van der Waals surface area contributed by atoms with E-state index in [9.17, 15) is 4.79 Å². The Labute approximate surface area is 78.9 Å². The highest BCUT2D eigenvalue weighted by Gasteiger charge is 2.20. The van der Waals surface area contributed by atoms with Gasteiger partial charge in [-0.2, -0.15) is 0 Å². The van der Waals surface area contributed by atoms with Gasteiger partial charge in [-0.05, 0) is 20.0 Å². The van der Waals surface area contributed by atoms with Crippen molar-refractivity contribution in [2.24, 2.45) is 5.92 Å². The molecule has 1 rings (SSSR count). The summed E-state index contributed by atoms with van der Waals surface area (Å²) in [7, 11) is 2.09. The zero-order chi connectivity index (χ0) is 9.84. The van der Waals surface area contributed by atoms with Crippen LogP contribution in [0.2, 0.25) is 0 Å². The quantitative estimate of drug-likeness (QED) is 0.649. The number of hydrogen-bond acceptors (Lipinski definition) is 3. The second kappa shape index (κ2) is 4.58. The van der Waals surface area contributed by atoms with Crippen molar-refractivity contribution in [1.29, 1.82) is 0 Å². The lowest BCUT2D eigenvalue weighted by Crippen LogP contribution is -2.36. The van der Waals surface area contributed by atoms with Gasteiger partial charge in [0.2, 0.25) is 0 Å². The summed E-state index contributed by atoms with van der Waals surface area (Å²) in [5.41, 5.74) is 0. The topological polar surface area (TPSA) is 52.6 Å². The second-order valence-electron chi connectivity index (χ2n) is 3.90. The molecular formula is C9H18N2O2. The molecule has 76 valence electrons. The van der Waals surface area contributed by atoms with Crippen LogP contribution in [0.25, 0.3) is 0 Å². The summed E-state index contributed by atoms with van der Waals surface area (Å²) in [4.78, 5) is 12.8. The van der Waals surface area contributed by atoms with Crippen molar-refractivity contribution in [3.8, 4) is 0 Å². The number of nitrogens with one attached hydrogen (secondary N) is 1. The summed E-state index contributed by atoms with van der Waals surface area (Å²) < 4.78 is 0. The summed E-state index contributed by atoms with van der Waals surface area (Å²) in [6.07, 6.45) is 1.13. The van der Waals surface area contributed by atoms with Gasteiger partial charge in [0.15, 0.2) is 0 Å². The highest BCUT2D eigenvalue weighted by atomic mass is 16.4. The maximum atomic E-state index is 10.5. The predicted octanol–water partition coefficient (Wildman–Crippen LogP) is 0.000800. The van der Waals surface area contributed by atoms with Crippen LogP contribution in [-0.4, -0.2) is 48.7 Å². The van der Waals surface area contributed by atoms with Crippen molar-refractivity contribution in [2.45, 2.75) is 19.4 Å². The number of rotatable bonds is 4. The smallest absolute Gasteiger partial charge is 0.307 e. The molecule has 1 aliphatic rings. The van der Waals surface area contributed by atoms with Crippen LogP contribution in [-0.2, 0) is 4.79 Å². The number of carbonyl (C=O) groups is 1. The van der Waals surface area contributed by atoms with E-state index in [4.69, 9.17) is 5.11 Å². The summed E-state index contributed by atoms with van der Waals surface area (Å²) in [5.74, 6) is -1.01. The fourth-order valence-corrected chi connectivity index (χ4v) is 1.53. The zero-order valence-corrected chi connectivity index (χ0v) is 8.29. The Morgan fingerprint density at radius 1 is 1.77 bits per heavy atom. The molecule has 2 unspecified atom stereocenters. The van der Waals surface area contributed by atoms with Gasteiger partial charge < -0.3 is 15.3 Å². The Kier molecular flexibility index (Phi) is 3.69. The number of hydrogen-bond donors (Lipinski definition) is 2. The van der Waals surface area contributed by atoms with Crippen molar-refractivity contribution >= 4 is 5.97 Å². The van der Waals surface area contributed by atoms with Crippen molar-refractivity contribution in [1.82, 2.24) is 10.2 Å². The normalized spacial score (nSPS) is 26.2. The van der Waals surface area contributed by atoms with Crippen LogP contribution in [0.15, 0.2) is 0 Å². The van der Waals surface area contributed by atoms with E-state index in [0.29, 0.717) is 12.6 Å². The summed E-state index contributed by atoms with van der Waals surface area (Å²) in [6.45, 7) is 4.45. The molecule has 0 aromatic rings. The number of aliphatic carboxylic acids is 1. The maximum absolute atomic E-state index is 10.5. The van der Waals surface area contributed by atoms with Gasteiger partial charge >= 0.3 is 5.97 Å². The Hall–Kier alpha value is -0.610. The molecular weight excluding hydrogens is 168 g/mol. The van der Waals surface area contributed by atoms with E-state index in [0.717, 1.165) is 19.5 Å². The van der Waals surface area contributed by atoms with Crippen LogP contribution in [0, 0.1) is 5.92 Å². The third kappa shape index (κ3) is 3.32. The Morgan fingerprint density at radius 2 is 2.46 bits per heavy atom. The lowest BCUT2D eigenvalue weighted by atomic mass is 10.1. The minimum Gasteiger partial charge on any atom is -0.481 e. The van der Waals surface area contributed by atoms with Crippen LogP contribution in [0.5, 0.6) is 0 Å². The first-order valence-electron chi connectivity index (χ1n) is 4.74. The number of carboxylic acids is 1. The fourth-order valence-electron chi connectivity index (χ4n) is 1.53. The summed E-state index contributed by atoms with van der Waals surface area (Å²) >= 11 is 0. The average molecular weight is 186 g/mol. The van der Waals surface area contributed by atoms with Crippen LogP contribution in [0.1, 0.15) is 13.3 Å². The standard InChI is InChI=1S/C9H18N2O2/c1-7(9(12)13)5-10-8-3-4-11(2)6-8/h7-8,10H,3-6H2,1-2H3,(H,12,13). The molecule has 1 aliphatic heterocycles. The van der Waals surface area contributed by atoms with Crippen molar-refractivity contribution in [3.05, 3.63) is 0 Å². The number of nitrogens with zero attached hydrogens (tertiary/aromatic N) is 1. The van der Waals surface area contributed by atoms with Crippen molar-refractivity contribution in [3.63, 3.8) is 0 Å². The lowest BCUT2D eigenvalue weighted by Gasteiger charge is -2.14. The third-order valence-electron chi connectivity index (χ3n) is 2.53. The van der Waals surface area contributed by atoms with E-state index in [-0.39, 0.29) is 5.92 Å². The van der Waals surface area contributed by atoms with Crippen LogP contribution in [0.3, 0.4) is 0 Å². The zero-order valence-electron chi connectivity index (χ0n) is 8.29. The molecule has 1 fully saturated rings. The van der Waals surface area contributed by atoms with E-state index in [1.54, 1.807) is 6.92 Å². The van der Waals surface area contributed by atoms with Gasteiger partial charge in [0.25, 0.3) is 0 Å². The first-order chi connectivity index (χ1) is 6.09. The van der Waals surface area contributed by atoms with Crippen LogP contribution in [0.4, 0.5) is 0 Å². The minimum absolute atomic E-state index is 0.286.